The number of amides is 2. The van der Waals surface area contributed by atoms with E-state index in [9.17, 15) is 14.7 Å². The minimum absolute atomic E-state index is 0.0754. The van der Waals surface area contributed by atoms with Crippen molar-refractivity contribution in [3.8, 4) is 0 Å². The fourth-order valence-corrected chi connectivity index (χ4v) is 3.11. The van der Waals surface area contributed by atoms with Gasteiger partial charge in [-0.1, -0.05) is 25.7 Å². The Bertz CT molecular complexity index is 373. The van der Waals surface area contributed by atoms with E-state index in [2.05, 4.69) is 5.32 Å². The highest BCUT2D eigenvalue weighted by Crippen LogP contribution is 2.39. The van der Waals surface area contributed by atoms with Gasteiger partial charge in [0.25, 0.3) is 0 Å². The van der Waals surface area contributed by atoms with E-state index in [1.807, 2.05) is 0 Å². The maximum absolute atomic E-state index is 12.4. The van der Waals surface area contributed by atoms with Crippen molar-refractivity contribution in [2.24, 2.45) is 5.92 Å². The lowest BCUT2D eigenvalue weighted by Crippen LogP contribution is -2.58. The molecule has 1 unspecified atom stereocenters. The second-order valence-corrected chi connectivity index (χ2v) is 6.47. The van der Waals surface area contributed by atoms with E-state index in [1.165, 1.54) is 12.8 Å². The summed E-state index contributed by atoms with van der Waals surface area (Å²) in [6, 6.07) is 0.00319. The minimum atomic E-state index is -1.12. The zero-order chi connectivity index (χ0) is 14.8. The molecule has 0 saturated heterocycles. The normalized spacial score (nSPS) is 23.5. The van der Waals surface area contributed by atoms with Gasteiger partial charge >= 0.3 is 12.0 Å². The molecular formula is C15H26N2O3. The van der Waals surface area contributed by atoms with Crippen LogP contribution in [0.5, 0.6) is 0 Å². The van der Waals surface area contributed by atoms with E-state index in [0.717, 1.165) is 38.5 Å². The van der Waals surface area contributed by atoms with Crippen LogP contribution in [-0.2, 0) is 4.79 Å². The number of carbonyl (C=O) groups is 2. The summed E-state index contributed by atoms with van der Waals surface area (Å²) in [6.45, 7) is 1.63. The van der Waals surface area contributed by atoms with E-state index in [1.54, 1.807) is 18.9 Å². The van der Waals surface area contributed by atoms with Gasteiger partial charge in [0.05, 0.1) is 0 Å². The molecular weight excluding hydrogens is 256 g/mol. The minimum Gasteiger partial charge on any atom is -0.480 e. The van der Waals surface area contributed by atoms with Crippen molar-refractivity contribution in [1.29, 1.82) is 0 Å². The number of nitrogens with zero attached hydrogens (tertiary/aromatic N) is 1. The SMILES string of the molecule is CN(C(=O)NC(C)(C(=O)O)C1CC1)C1CCCCCC1. The molecule has 114 valence electrons. The molecule has 0 aromatic carbocycles. The number of aliphatic carboxylic acids is 1. The number of carboxylic acid groups (broad SMARTS) is 1. The van der Waals surface area contributed by atoms with Crippen molar-refractivity contribution in [3.63, 3.8) is 0 Å². The third-order valence-electron chi connectivity index (χ3n) is 4.90. The summed E-state index contributed by atoms with van der Waals surface area (Å²) in [5.74, 6) is -0.853. The number of carbonyl (C=O) groups excluding carboxylic acids is 1. The lowest BCUT2D eigenvalue weighted by atomic mass is 9.96. The molecule has 0 spiro atoms. The molecule has 2 rings (SSSR count). The monoisotopic (exact) mass is 282 g/mol. The molecule has 0 aromatic heterocycles. The average Bonchev–Trinajstić information content (AvgIpc) is 3.23. The zero-order valence-electron chi connectivity index (χ0n) is 12.5. The van der Waals surface area contributed by atoms with Crippen LogP contribution in [0, 0.1) is 5.92 Å². The summed E-state index contributed by atoms with van der Waals surface area (Å²) in [7, 11) is 1.79. The summed E-state index contributed by atoms with van der Waals surface area (Å²) in [5, 5.41) is 12.2. The van der Waals surface area contributed by atoms with Crippen LogP contribution in [0.25, 0.3) is 0 Å². The van der Waals surface area contributed by atoms with Crippen molar-refractivity contribution >= 4 is 12.0 Å². The van der Waals surface area contributed by atoms with Gasteiger partial charge in [0.2, 0.25) is 0 Å². The summed E-state index contributed by atoms with van der Waals surface area (Å²) in [6.07, 6.45) is 8.60. The highest BCUT2D eigenvalue weighted by atomic mass is 16.4. The van der Waals surface area contributed by atoms with Crippen LogP contribution in [0.1, 0.15) is 58.3 Å². The molecule has 2 fully saturated rings. The van der Waals surface area contributed by atoms with Crippen LogP contribution in [0.15, 0.2) is 0 Å². The Kier molecular flexibility index (Phi) is 4.55. The molecule has 2 aliphatic rings. The Morgan fingerprint density at radius 3 is 2.10 bits per heavy atom. The molecule has 0 radical (unpaired) electrons. The quantitative estimate of drug-likeness (QED) is 0.779. The van der Waals surface area contributed by atoms with E-state index >= 15 is 0 Å². The highest BCUT2D eigenvalue weighted by molar-refractivity contribution is 5.86. The standard InChI is InChI=1S/C15H26N2O3/c1-15(13(18)19,11-9-10-11)16-14(20)17(2)12-7-5-3-4-6-8-12/h11-12H,3-10H2,1-2H3,(H,16,20)(H,18,19). The Labute approximate surface area is 120 Å². The van der Waals surface area contributed by atoms with E-state index in [0.29, 0.717) is 0 Å². The van der Waals surface area contributed by atoms with Gasteiger partial charge in [-0.3, -0.25) is 0 Å². The fraction of sp³-hybridized carbons (Fsp3) is 0.867. The first kappa shape index (κ1) is 15.1. The third kappa shape index (κ3) is 3.25. The Hall–Kier alpha value is -1.26. The summed E-state index contributed by atoms with van der Waals surface area (Å²) >= 11 is 0. The number of nitrogens with one attached hydrogen (secondary N) is 1. The molecule has 2 N–H and O–H groups in total. The van der Waals surface area contributed by atoms with Gasteiger partial charge in [-0.05, 0) is 38.5 Å². The van der Waals surface area contributed by atoms with Gasteiger partial charge < -0.3 is 15.3 Å². The van der Waals surface area contributed by atoms with Crippen LogP contribution in [0.4, 0.5) is 4.79 Å². The van der Waals surface area contributed by atoms with E-state index in [4.69, 9.17) is 0 Å². The summed E-state index contributed by atoms with van der Waals surface area (Å²) in [5.41, 5.74) is -1.12. The number of carboxylic acids is 1. The van der Waals surface area contributed by atoms with Crippen molar-refractivity contribution in [2.75, 3.05) is 7.05 Å². The lowest BCUT2D eigenvalue weighted by molar-refractivity contribution is -0.144. The molecule has 5 heteroatoms. The van der Waals surface area contributed by atoms with Crippen LogP contribution in [0.3, 0.4) is 0 Å². The molecule has 2 aliphatic carbocycles. The first-order valence-electron chi connectivity index (χ1n) is 7.73. The van der Waals surface area contributed by atoms with Gasteiger partial charge in [-0.2, -0.15) is 0 Å². The van der Waals surface area contributed by atoms with Crippen molar-refractivity contribution in [1.82, 2.24) is 10.2 Å². The Morgan fingerprint density at radius 2 is 1.65 bits per heavy atom. The largest absolute Gasteiger partial charge is 0.480 e. The predicted molar refractivity (Wildman–Crippen MR) is 76.5 cm³/mol. The van der Waals surface area contributed by atoms with Crippen LogP contribution in [0.2, 0.25) is 0 Å². The second kappa shape index (κ2) is 6.02. The summed E-state index contributed by atoms with van der Waals surface area (Å²) in [4.78, 5) is 25.5. The van der Waals surface area contributed by atoms with Crippen molar-refractivity contribution in [3.05, 3.63) is 0 Å². The fourth-order valence-electron chi connectivity index (χ4n) is 3.11. The predicted octanol–water partition coefficient (Wildman–Crippen LogP) is 2.60. The smallest absolute Gasteiger partial charge is 0.329 e. The third-order valence-corrected chi connectivity index (χ3v) is 4.90. The van der Waals surface area contributed by atoms with E-state index in [-0.39, 0.29) is 18.0 Å². The highest BCUT2D eigenvalue weighted by Gasteiger charge is 2.49. The number of hydrogen-bond acceptors (Lipinski definition) is 2. The first-order chi connectivity index (χ1) is 9.45. The van der Waals surface area contributed by atoms with Gasteiger partial charge in [-0.15, -0.1) is 0 Å². The average molecular weight is 282 g/mol. The molecule has 1 atom stereocenters. The second-order valence-electron chi connectivity index (χ2n) is 6.47. The molecule has 2 saturated carbocycles. The molecule has 0 heterocycles. The number of urea groups is 1. The Balaban J connectivity index is 1.97. The van der Waals surface area contributed by atoms with Crippen molar-refractivity contribution < 1.29 is 14.7 Å². The van der Waals surface area contributed by atoms with Gasteiger partial charge in [-0.25, -0.2) is 9.59 Å². The number of hydrogen-bond donors (Lipinski definition) is 2. The summed E-state index contributed by atoms with van der Waals surface area (Å²) < 4.78 is 0. The molecule has 5 nitrogen and oxygen atoms in total. The van der Waals surface area contributed by atoms with Crippen LogP contribution >= 0.6 is 0 Å². The topological polar surface area (TPSA) is 69.6 Å². The maximum atomic E-state index is 12.4. The maximum Gasteiger partial charge on any atom is 0.329 e. The van der Waals surface area contributed by atoms with E-state index < -0.39 is 11.5 Å². The molecule has 0 aromatic rings. The van der Waals surface area contributed by atoms with Gasteiger partial charge in [0.15, 0.2) is 0 Å². The first-order valence-corrected chi connectivity index (χ1v) is 7.73. The van der Waals surface area contributed by atoms with Gasteiger partial charge in [0.1, 0.15) is 5.54 Å². The zero-order valence-corrected chi connectivity index (χ0v) is 12.5. The van der Waals surface area contributed by atoms with Crippen molar-refractivity contribution in [2.45, 2.75) is 69.9 Å². The van der Waals surface area contributed by atoms with Crippen LogP contribution < -0.4 is 5.32 Å². The van der Waals surface area contributed by atoms with Gasteiger partial charge in [0, 0.05) is 13.1 Å². The Morgan fingerprint density at radius 1 is 1.10 bits per heavy atom. The molecule has 20 heavy (non-hydrogen) atoms. The lowest BCUT2D eigenvalue weighted by Gasteiger charge is -2.33. The molecule has 2 amide bonds. The number of rotatable bonds is 4. The molecule has 0 bridgehead atoms. The van der Waals surface area contributed by atoms with Crippen LogP contribution in [-0.4, -0.2) is 40.6 Å². The molecule has 0 aliphatic heterocycles.